The number of carbonyl (C=O) groups excluding carboxylic acids is 2. The van der Waals surface area contributed by atoms with Crippen LogP contribution in [-0.4, -0.2) is 35.6 Å². The topological polar surface area (TPSA) is 61.8 Å². The lowest BCUT2D eigenvalue weighted by Crippen LogP contribution is -2.40. The molecular formula is C31H32Br2O5. The van der Waals surface area contributed by atoms with Crippen molar-refractivity contribution >= 4 is 43.6 Å². The van der Waals surface area contributed by atoms with Crippen molar-refractivity contribution < 1.29 is 23.8 Å². The molecule has 7 heteroatoms. The number of allylic oxidation sites excluding steroid dienone is 6. The van der Waals surface area contributed by atoms with Crippen molar-refractivity contribution in [1.29, 1.82) is 0 Å². The summed E-state index contributed by atoms with van der Waals surface area (Å²) in [4.78, 5) is 28.4. The molecular weight excluding hydrogens is 612 g/mol. The van der Waals surface area contributed by atoms with Crippen LogP contribution < -0.4 is 9.47 Å². The van der Waals surface area contributed by atoms with E-state index in [-0.39, 0.29) is 5.78 Å². The molecule has 1 atom stereocenters. The molecule has 4 rings (SSSR count). The fraction of sp³-hybridized carbons (Fsp3) is 0.355. The second-order valence-electron chi connectivity index (χ2n) is 8.98. The van der Waals surface area contributed by atoms with Gasteiger partial charge in [-0.3, -0.25) is 4.79 Å². The molecule has 1 unspecified atom stereocenters. The Labute approximate surface area is 241 Å². The van der Waals surface area contributed by atoms with Gasteiger partial charge in [0.25, 0.3) is 0 Å². The van der Waals surface area contributed by atoms with E-state index in [1.54, 1.807) is 18.2 Å². The molecule has 5 nitrogen and oxygen atoms in total. The molecule has 0 radical (unpaired) electrons. The molecule has 0 N–H and O–H groups in total. The first-order valence-corrected chi connectivity index (χ1v) is 15.3. The van der Waals surface area contributed by atoms with E-state index in [0.29, 0.717) is 48.7 Å². The van der Waals surface area contributed by atoms with Crippen molar-refractivity contribution in [2.75, 3.05) is 23.9 Å². The normalized spacial score (nSPS) is 18.4. The van der Waals surface area contributed by atoms with Crippen LogP contribution in [0.25, 0.3) is 11.1 Å². The summed E-state index contributed by atoms with van der Waals surface area (Å²) in [5, 5.41) is 1.53. The van der Waals surface area contributed by atoms with Crippen LogP contribution in [0, 0.1) is 5.41 Å². The minimum atomic E-state index is -1.62. The summed E-state index contributed by atoms with van der Waals surface area (Å²) in [5.74, 6) is 0.731. The number of carbonyl (C=O) groups is 2. The molecule has 0 saturated heterocycles. The van der Waals surface area contributed by atoms with Crippen molar-refractivity contribution in [3.63, 3.8) is 0 Å². The fourth-order valence-corrected chi connectivity index (χ4v) is 5.65. The minimum absolute atomic E-state index is 0.286. The molecule has 0 saturated carbocycles. The predicted molar refractivity (Wildman–Crippen MR) is 157 cm³/mol. The molecule has 0 spiro atoms. The van der Waals surface area contributed by atoms with Gasteiger partial charge in [-0.25, -0.2) is 4.79 Å². The van der Waals surface area contributed by atoms with Crippen LogP contribution in [0.3, 0.4) is 0 Å². The summed E-state index contributed by atoms with van der Waals surface area (Å²) >= 11 is 6.98. The summed E-state index contributed by atoms with van der Waals surface area (Å²) in [5.41, 5.74) is 1.92. The number of hydrogen-bond donors (Lipinski definition) is 0. The third-order valence-corrected chi connectivity index (χ3v) is 7.82. The molecule has 0 aromatic carbocycles. The maximum Gasteiger partial charge on any atom is 0.334 e. The summed E-state index contributed by atoms with van der Waals surface area (Å²) in [6.07, 6.45) is 11.6. The number of hydrogen-bond acceptors (Lipinski definition) is 5. The van der Waals surface area contributed by atoms with Crippen molar-refractivity contribution in [2.45, 2.75) is 39.5 Å². The van der Waals surface area contributed by atoms with E-state index in [1.807, 2.05) is 56.3 Å². The zero-order valence-electron chi connectivity index (χ0n) is 21.7. The molecule has 200 valence electrons. The molecule has 38 heavy (non-hydrogen) atoms. The summed E-state index contributed by atoms with van der Waals surface area (Å²) < 4.78 is 18.4. The lowest BCUT2D eigenvalue weighted by atomic mass is 9.78. The average Bonchev–Trinajstić information content (AvgIpc) is 3.13. The number of ketones is 1. The number of ether oxygens (including phenoxy) is 3. The van der Waals surface area contributed by atoms with Crippen molar-refractivity contribution in [3.05, 3.63) is 83.2 Å². The van der Waals surface area contributed by atoms with E-state index < -0.39 is 11.4 Å². The monoisotopic (exact) mass is 642 g/mol. The van der Waals surface area contributed by atoms with Crippen LogP contribution in [0.5, 0.6) is 11.5 Å². The highest BCUT2D eigenvalue weighted by Crippen LogP contribution is 2.52. The second kappa shape index (κ2) is 12.9. The standard InChI is InChI=1S/C31H32Br2O5/c1-3-36-26-21-13-7-5-8-14-22(21)27(23(26)15-11-19-32)38-30(35)31-18-10-6-9-17-25(31)28(37-4-2)24(29(31)34)16-12-20-33/h5-10,13-14,17-18H,3-4,11-12,15-16,19-20H2,1-2H3. The van der Waals surface area contributed by atoms with Gasteiger partial charge in [0.2, 0.25) is 0 Å². The van der Waals surface area contributed by atoms with Gasteiger partial charge < -0.3 is 14.2 Å². The van der Waals surface area contributed by atoms with Gasteiger partial charge in [-0.05, 0) is 39.5 Å². The Morgan fingerprint density at radius 1 is 0.868 bits per heavy atom. The average molecular weight is 644 g/mol. The molecule has 0 amide bonds. The first-order chi connectivity index (χ1) is 18.5. The van der Waals surface area contributed by atoms with E-state index in [1.165, 1.54) is 0 Å². The molecule has 0 heterocycles. The van der Waals surface area contributed by atoms with E-state index in [2.05, 4.69) is 31.9 Å². The van der Waals surface area contributed by atoms with E-state index in [4.69, 9.17) is 14.2 Å². The highest BCUT2D eigenvalue weighted by molar-refractivity contribution is 9.09. The predicted octanol–water partition coefficient (Wildman–Crippen LogP) is 7.51. The Balaban J connectivity index is 1.85. The smallest absolute Gasteiger partial charge is 0.334 e. The van der Waals surface area contributed by atoms with Crippen LogP contribution in [0.15, 0.2) is 77.6 Å². The summed E-state index contributed by atoms with van der Waals surface area (Å²) in [6.45, 7) is 4.68. The van der Waals surface area contributed by atoms with Gasteiger partial charge in [-0.2, -0.15) is 0 Å². The van der Waals surface area contributed by atoms with Crippen LogP contribution >= 0.6 is 31.9 Å². The molecule has 0 bridgehead atoms. The van der Waals surface area contributed by atoms with Crippen molar-refractivity contribution in [1.82, 2.24) is 0 Å². The van der Waals surface area contributed by atoms with Gasteiger partial charge in [0, 0.05) is 38.5 Å². The molecule has 0 aromatic heterocycles. The van der Waals surface area contributed by atoms with Gasteiger partial charge in [-0.1, -0.05) is 92.6 Å². The maximum atomic E-state index is 14.3. The Morgan fingerprint density at radius 3 is 2.24 bits per heavy atom. The fourth-order valence-electron chi connectivity index (χ4n) is 5.09. The number of rotatable bonds is 12. The molecule has 4 aliphatic rings. The summed E-state index contributed by atoms with van der Waals surface area (Å²) in [7, 11) is 0. The highest BCUT2D eigenvalue weighted by atomic mass is 79.9. The number of halogens is 2. The Morgan fingerprint density at radius 2 is 1.55 bits per heavy atom. The zero-order chi connectivity index (χ0) is 27.1. The van der Waals surface area contributed by atoms with Crippen LogP contribution in [0.2, 0.25) is 0 Å². The van der Waals surface area contributed by atoms with Crippen LogP contribution in [0.1, 0.15) is 38.7 Å². The van der Waals surface area contributed by atoms with Gasteiger partial charge in [-0.15, -0.1) is 0 Å². The Hall–Kier alpha value is -2.64. The maximum absolute atomic E-state index is 14.3. The number of esters is 1. The highest BCUT2D eigenvalue weighted by Gasteiger charge is 2.57. The van der Waals surface area contributed by atoms with E-state index in [9.17, 15) is 9.59 Å². The quantitative estimate of drug-likeness (QED) is 0.136. The molecule has 4 aliphatic carbocycles. The van der Waals surface area contributed by atoms with E-state index >= 15 is 0 Å². The third-order valence-electron chi connectivity index (χ3n) is 6.70. The molecule has 0 aliphatic heterocycles. The first-order valence-electron chi connectivity index (χ1n) is 13.0. The number of fused-ring (bicyclic) bond motifs is 2. The number of alkyl halides is 2. The van der Waals surface area contributed by atoms with E-state index in [0.717, 1.165) is 45.9 Å². The van der Waals surface area contributed by atoms with Crippen LogP contribution in [-0.2, 0) is 20.7 Å². The Bertz CT molecular complexity index is 1290. The summed E-state index contributed by atoms with van der Waals surface area (Å²) in [6, 6.07) is 9.68. The SMILES string of the molecule is CCOC1=C(CCCBr)C(=O)C2(C(=O)Oc3c4cccccc-4c(OCC)c3CCCBr)C=CC=CC=C12. The first kappa shape index (κ1) is 28.4. The van der Waals surface area contributed by atoms with Gasteiger partial charge in [0.05, 0.1) is 13.2 Å². The van der Waals surface area contributed by atoms with Crippen molar-refractivity contribution in [2.24, 2.45) is 5.41 Å². The van der Waals surface area contributed by atoms with Crippen molar-refractivity contribution in [3.8, 4) is 22.6 Å². The number of Topliss-reactive ketones (excluding diaryl/α,β-unsaturated/α-hetero) is 1. The lowest BCUT2D eigenvalue weighted by molar-refractivity contribution is -0.145. The minimum Gasteiger partial charge on any atom is -0.493 e. The van der Waals surface area contributed by atoms with Gasteiger partial charge in [0.15, 0.2) is 11.2 Å². The molecule has 0 fully saturated rings. The van der Waals surface area contributed by atoms with Crippen LogP contribution in [0.4, 0.5) is 0 Å². The van der Waals surface area contributed by atoms with Gasteiger partial charge in [0.1, 0.15) is 17.3 Å². The third kappa shape index (κ3) is 5.15. The van der Waals surface area contributed by atoms with Gasteiger partial charge >= 0.3 is 5.97 Å². The largest absolute Gasteiger partial charge is 0.493 e. The zero-order valence-corrected chi connectivity index (χ0v) is 24.9. The second-order valence-corrected chi connectivity index (χ2v) is 10.6. The lowest BCUT2D eigenvalue weighted by Gasteiger charge is -2.25. The molecule has 0 aromatic rings. The Kier molecular flexibility index (Phi) is 9.66.